The number of H-pyrrole nitrogens is 1. The number of fused-ring (bicyclic) bond motifs is 1. The van der Waals surface area contributed by atoms with Crippen molar-refractivity contribution in [1.29, 1.82) is 0 Å². The Labute approximate surface area is 170 Å². The van der Waals surface area contributed by atoms with Gasteiger partial charge >= 0.3 is 0 Å². The molecule has 2 amide bonds. The molecule has 0 aliphatic heterocycles. The van der Waals surface area contributed by atoms with E-state index in [4.69, 9.17) is 5.84 Å². The van der Waals surface area contributed by atoms with Gasteiger partial charge in [-0.1, -0.05) is 11.8 Å². The molecule has 4 rings (SSSR count). The van der Waals surface area contributed by atoms with Crippen molar-refractivity contribution in [1.82, 2.24) is 25.1 Å². The van der Waals surface area contributed by atoms with Crippen molar-refractivity contribution >= 4 is 35.0 Å². The number of aryl methyl sites for hydroxylation is 1. The van der Waals surface area contributed by atoms with Gasteiger partial charge in [0.1, 0.15) is 5.69 Å². The lowest BCUT2D eigenvalue weighted by Crippen LogP contribution is -2.16. The molecule has 2 heterocycles. The fourth-order valence-corrected chi connectivity index (χ4v) is 3.87. The van der Waals surface area contributed by atoms with E-state index < -0.39 is 0 Å². The highest BCUT2D eigenvalue weighted by Crippen LogP contribution is 2.30. The monoisotopic (exact) mass is 412 g/mol. The molecule has 1 aliphatic carbocycles. The van der Waals surface area contributed by atoms with Crippen LogP contribution < -0.4 is 16.5 Å². The number of aromatic nitrogens is 5. The normalized spacial score (nSPS) is 12.6. The van der Waals surface area contributed by atoms with Crippen LogP contribution in [0.2, 0.25) is 0 Å². The third kappa shape index (κ3) is 4.09. The first-order chi connectivity index (χ1) is 14.0. The van der Waals surface area contributed by atoms with Gasteiger partial charge in [-0.25, -0.2) is 4.68 Å². The number of thioether (sulfide) groups is 1. The summed E-state index contributed by atoms with van der Waals surface area (Å²) in [5.41, 5.74) is 4.29. The van der Waals surface area contributed by atoms with Crippen molar-refractivity contribution in [3.05, 3.63) is 35.5 Å². The minimum Gasteiger partial charge on any atom is -0.335 e. The van der Waals surface area contributed by atoms with Crippen LogP contribution in [0.15, 0.2) is 29.4 Å². The largest absolute Gasteiger partial charge is 0.335 e. The Morgan fingerprint density at radius 1 is 1.17 bits per heavy atom. The van der Waals surface area contributed by atoms with E-state index in [1.807, 2.05) is 0 Å². The maximum absolute atomic E-state index is 12.2. The lowest BCUT2D eigenvalue weighted by atomic mass is 10.2. The molecule has 3 aromatic rings. The number of nitrogens with zero attached hydrogens (tertiary/aromatic N) is 4. The van der Waals surface area contributed by atoms with Crippen molar-refractivity contribution < 1.29 is 9.59 Å². The maximum atomic E-state index is 12.2. The zero-order valence-corrected chi connectivity index (χ0v) is 16.5. The quantitative estimate of drug-likeness (QED) is 0.355. The molecular formula is C18H20N8O2S. The van der Waals surface area contributed by atoms with Crippen LogP contribution in [0.1, 0.15) is 24.6 Å². The average molecular weight is 412 g/mol. The van der Waals surface area contributed by atoms with Gasteiger partial charge in [0.15, 0.2) is 0 Å². The van der Waals surface area contributed by atoms with Crippen LogP contribution in [0, 0.1) is 0 Å². The highest BCUT2D eigenvalue weighted by atomic mass is 32.2. The van der Waals surface area contributed by atoms with E-state index in [0.29, 0.717) is 22.4 Å². The molecule has 29 heavy (non-hydrogen) atoms. The number of aromatic amines is 1. The van der Waals surface area contributed by atoms with Crippen molar-refractivity contribution in [2.45, 2.75) is 31.3 Å². The summed E-state index contributed by atoms with van der Waals surface area (Å²) in [7, 11) is 0. The van der Waals surface area contributed by atoms with Gasteiger partial charge in [-0.15, -0.1) is 10.2 Å². The van der Waals surface area contributed by atoms with Crippen molar-refractivity contribution in [2.24, 2.45) is 0 Å². The van der Waals surface area contributed by atoms with Crippen LogP contribution in [0.5, 0.6) is 0 Å². The van der Waals surface area contributed by atoms with Crippen LogP contribution in [0.3, 0.4) is 0 Å². The van der Waals surface area contributed by atoms with Gasteiger partial charge in [0, 0.05) is 29.6 Å². The van der Waals surface area contributed by atoms with Gasteiger partial charge in [-0.05, 0) is 43.5 Å². The first-order valence-corrected chi connectivity index (χ1v) is 10.1. The van der Waals surface area contributed by atoms with E-state index in [-0.39, 0.29) is 17.6 Å². The average Bonchev–Trinajstić information content (AvgIpc) is 3.38. The minimum atomic E-state index is -0.201. The summed E-state index contributed by atoms with van der Waals surface area (Å²) in [6.45, 7) is 1.44. The topological polar surface area (TPSA) is 144 Å². The van der Waals surface area contributed by atoms with E-state index in [0.717, 1.165) is 36.2 Å². The van der Waals surface area contributed by atoms with E-state index in [2.05, 4.69) is 31.0 Å². The molecule has 0 radical (unpaired) electrons. The van der Waals surface area contributed by atoms with E-state index in [1.165, 1.54) is 23.4 Å². The number of rotatable bonds is 6. The molecule has 0 fully saturated rings. The number of nitrogens with one attached hydrogen (secondary N) is 3. The molecule has 1 aromatic carbocycles. The lowest BCUT2D eigenvalue weighted by Gasteiger charge is -2.07. The summed E-state index contributed by atoms with van der Waals surface area (Å²) in [6.07, 6.45) is 3.01. The lowest BCUT2D eigenvalue weighted by molar-refractivity contribution is -0.114. The highest BCUT2D eigenvalue weighted by molar-refractivity contribution is 7.99. The number of benzene rings is 1. The van der Waals surface area contributed by atoms with Crippen LogP contribution in [0.4, 0.5) is 11.4 Å². The molecule has 0 bridgehead atoms. The van der Waals surface area contributed by atoms with Gasteiger partial charge < -0.3 is 16.5 Å². The number of hydrogen-bond acceptors (Lipinski definition) is 7. The van der Waals surface area contributed by atoms with Gasteiger partial charge in [-0.2, -0.15) is 5.10 Å². The Hall–Kier alpha value is -3.34. The van der Waals surface area contributed by atoms with Crippen molar-refractivity contribution in [3.63, 3.8) is 0 Å². The predicted octanol–water partition coefficient (Wildman–Crippen LogP) is 1.56. The first-order valence-electron chi connectivity index (χ1n) is 9.08. The zero-order chi connectivity index (χ0) is 20.4. The smallest absolute Gasteiger partial charge is 0.234 e. The summed E-state index contributed by atoms with van der Waals surface area (Å²) in [5, 5.41) is 21.5. The minimum absolute atomic E-state index is 0.126. The second kappa shape index (κ2) is 7.95. The third-order valence-electron chi connectivity index (χ3n) is 4.50. The van der Waals surface area contributed by atoms with Crippen LogP contribution >= 0.6 is 11.8 Å². The maximum Gasteiger partial charge on any atom is 0.234 e. The molecule has 0 unspecified atom stereocenters. The number of carbonyl (C=O) groups is 2. The van der Waals surface area contributed by atoms with Gasteiger partial charge in [0.05, 0.1) is 5.75 Å². The predicted molar refractivity (Wildman–Crippen MR) is 110 cm³/mol. The number of hydrogen-bond donors (Lipinski definition) is 4. The number of anilines is 2. The zero-order valence-electron chi connectivity index (χ0n) is 15.7. The second-order valence-corrected chi connectivity index (χ2v) is 7.60. The number of amides is 2. The van der Waals surface area contributed by atoms with Crippen LogP contribution in [-0.2, 0) is 22.4 Å². The molecule has 2 aromatic heterocycles. The SMILES string of the molecule is CC(=O)Nc1ccc(NC(=O)CSc2nnc(-c3n[nH]c4c3CCC4)n2N)cc1. The Morgan fingerprint density at radius 3 is 2.62 bits per heavy atom. The first kappa shape index (κ1) is 19.0. The third-order valence-corrected chi connectivity index (χ3v) is 5.45. The molecule has 0 saturated heterocycles. The summed E-state index contributed by atoms with van der Waals surface area (Å²) in [4.78, 5) is 23.3. The number of nitrogen functional groups attached to an aromatic ring is 1. The van der Waals surface area contributed by atoms with E-state index in [9.17, 15) is 9.59 Å². The second-order valence-electron chi connectivity index (χ2n) is 6.65. The van der Waals surface area contributed by atoms with Gasteiger partial charge in [0.2, 0.25) is 22.8 Å². The summed E-state index contributed by atoms with van der Waals surface area (Å²) < 4.78 is 1.37. The molecule has 0 spiro atoms. The summed E-state index contributed by atoms with van der Waals surface area (Å²) in [6, 6.07) is 6.87. The number of carbonyl (C=O) groups excluding carboxylic acids is 2. The van der Waals surface area contributed by atoms with Crippen molar-refractivity contribution in [3.8, 4) is 11.5 Å². The summed E-state index contributed by atoms with van der Waals surface area (Å²) in [5.74, 6) is 6.40. The van der Waals surface area contributed by atoms with Crippen molar-refractivity contribution in [2.75, 3.05) is 22.2 Å². The standard InChI is InChI=1S/C18H20N8O2S/c1-10(27)20-11-5-7-12(8-6-11)21-15(28)9-29-18-25-24-17(26(18)19)16-13-3-2-4-14(13)22-23-16/h5-8H,2-4,9,19H2,1H3,(H,20,27)(H,21,28)(H,22,23). The Bertz CT molecular complexity index is 1060. The van der Waals surface area contributed by atoms with E-state index >= 15 is 0 Å². The highest BCUT2D eigenvalue weighted by Gasteiger charge is 2.24. The van der Waals surface area contributed by atoms with Crippen LogP contribution in [0.25, 0.3) is 11.5 Å². The van der Waals surface area contributed by atoms with Gasteiger partial charge in [-0.3, -0.25) is 14.7 Å². The molecule has 5 N–H and O–H groups in total. The Balaban J connectivity index is 1.36. The Kier molecular flexibility index (Phi) is 5.21. The van der Waals surface area contributed by atoms with E-state index in [1.54, 1.807) is 24.3 Å². The Morgan fingerprint density at radius 2 is 1.90 bits per heavy atom. The molecule has 1 aliphatic rings. The molecule has 11 heteroatoms. The van der Waals surface area contributed by atoms with Gasteiger partial charge in [0.25, 0.3) is 0 Å². The molecule has 0 atom stereocenters. The molecule has 0 saturated carbocycles. The molecule has 10 nitrogen and oxygen atoms in total. The summed E-state index contributed by atoms with van der Waals surface area (Å²) >= 11 is 1.19. The molecule has 150 valence electrons. The molecular weight excluding hydrogens is 392 g/mol. The number of nitrogens with two attached hydrogens (primary N) is 1. The fourth-order valence-electron chi connectivity index (χ4n) is 3.21. The van der Waals surface area contributed by atoms with Crippen LogP contribution in [-0.4, -0.2) is 42.6 Å². The fraction of sp³-hybridized carbons (Fsp3) is 0.278.